The second-order valence-corrected chi connectivity index (χ2v) is 14.2. The Hall–Kier alpha value is -7.10. The van der Waals surface area contributed by atoms with Gasteiger partial charge in [-0.1, -0.05) is 157 Å². The molecule has 252 valence electrons. The van der Waals surface area contributed by atoms with Crippen molar-refractivity contribution >= 4 is 65.3 Å². The minimum atomic E-state index is 0.852. The molecule has 0 unspecified atom stereocenters. The number of rotatable bonds is 4. The minimum Gasteiger partial charge on any atom is -0.455 e. The van der Waals surface area contributed by atoms with E-state index in [9.17, 15) is 0 Å². The molecule has 2 aromatic heterocycles. The molecule has 2 heterocycles. The lowest BCUT2D eigenvalue weighted by atomic mass is 9.94. The molecule has 3 heteroatoms. The molecule has 0 bridgehead atoms. The summed E-state index contributed by atoms with van der Waals surface area (Å²) in [4.78, 5) is 10.3. The number of aromatic nitrogens is 2. The van der Waals surface area contributed by atoms with Gasteiger partial charge in [-0.25, -0.2) is 4.98 Å². The molecule has 11 rings (SSSR count). The van der Waals surface area contributed by atoms with E-state index in [1.807, 2.05) is 6.20 Å². The molecule has 54 heavy (non-hydrogen) atoms. The lowest BCUT2D eigenvalue weighted by Gasteiger charge is -2.11. The summed E-state index contributed by atoms with van der Waals surface area (Å²) in [6.07, 6.45) is 1.91. The van der Waals surface area contributed by atoms with E-state index in [4.69, 9.17) is 14.4 Å². The fourth-order valence-corrected chi connectivity index (χ4v) is 8.39. The maximum Gasteiger partial charge on any atom is 0.143 e. The summed E-state index contributed by atoms with van der Waals surface area (Å²) in [6, 6.07) is 60.5. The Balaban J connectivity index is 1.04. The van der Waals surface area contributed by atoms with Crippen molar-refractivity contribution in [2.45, 2.75) is 6.92 Å². The van der Waals surface area contributed by atoms with Crippen LogP contribution in [0.1, 0.15) is 5.56 Å². The van der Waals surface area contributed by atoms with Gasteiger partial charge in [0.2, 0.25) is 0 Å². The van der Waals surface area contributed by atoms with E-state index in [-0.39, 0.29) is 0 Å². The highest BCUT2D eigenvalue weighted by atomic mass is 16.3. The molecule has 3 nitrogen and oxygen atoms in total. The number of fused-ring (bicyclic) bond motifs is 11. The maximum absolute atomic E-state index is 6.97. The van der Waals surface area contributed by atoms with Crippen LogP contribution < -0.4 is 0 Å². The first-order valence-corrected chi connectivity index (χ1v) is 18.4. The van der Waals surface area contributed by atoms with E-state index >= 15 is 0 Å². The van der Waals surface area contributed by atoms with Crippen LogP contribution in [0.25, 0.3) is 110 Å². The average molecular weight is 689 g/mol. The molecule has 0 radical (unpaired) electrons. The topological polar surface area (TPSA) is 38.9 Å². The summed E-state index contributed by atoms with van der Waals surface area (Å²) < 4.78 is 6.97. The van der Waals surface area contributed by atoms with Gasteiger partial charge in [-0.3, -0.25) is 4.98 Å². The maximum atomic E-state index is 6.97. The van der Waals surface area contributed by atoms with Crippen LogP contribution in [-0.4, -0.2) is 9.97 Å². The molecule has 0 saturated carbocycles. The lowest BCUT2D eigenvalue weighted by Crippen LogP contribution is -1.92. The molecule has 0 N–H and O–H groups in total. The molecule has 0 saturated heterocycles. The van der Waals surface area contributed by atoms with Crippen molar-refractivity contribution in [2.24, 2.45) is 0 Å². The molecular formula is C51H32N2O. The van der Waals surface area contributed by atoms with Crippen molar-refractivity contribution in [1.29, 1.82) is 0 Å². The Bertz CT molecular complexity index is 3260. The van der Waals surface area contributed by atoms with E-state index in [0.29, 0.717) is 0 Å². The van der Waals surface area contributed by atoms with Gasteiger partial charge in [-0.15, -0.1) is 0 Å². The van der Waals surface area contributed by atoms with Gasteiger partial charge in [0, 0.05) is 38.2 Å². The van der Waals surface area contributed by atoms with Gasteiger partial charge >= 0.3 is 0 Å². The fraction of sp³-hybridized carbons (Fsp3) is 0.0196. The summed E-state index contributed by atoms with van der Waals surface area (Å²) in [5.41, 5.74) is 13.4. The van der Waals surface area contributed by atoms with Gasteiger partial charge in [0.25, 0.3) is 0 Å². The first-order valence-electron chi connectivity index (χ1n) is 18.4. The Morgan fingerprint density at radius 3 is 1.74 bits per heavy atom. The monoisotopic (exact) mass is 688 g/mol. The largest absolute Gasteiger partial charge is 0.455 e. The van der Waals surface area contributed by atoms with Crippen LogP contribution in [0.2, 0.25) is 0 Å². The predicted molar refractivity (Wildman–Crippen MR) is 226 cm³/mol. The first-order chi connectivity index (χ1) is 26.7. The van der Waals surface area contributed by atoms with Crippen LogP contribution in [-0.2, 0) is 0 Å². The zero-order chi connectivity index (χ0) is 35.8. The van der Waals surface area contributed by atoms with Crippen molar-refractivity contribution in [3.05, 3.63) is 182 Å². The fourth-order valence-electron chi connectivity index (χ4n) is 8.39. The summed E-state index contributed by atoms with van der Waals surface area (Å²) in [5, 5.41) is 9.30. The predicted octanol–water partition coefficient (Wildman–Crippen LogP) is 14.0. The van der Waals surface area contributed by atoms with Crippen molar-refractivity contribution in [2.75, 3.05) is 0 Å². The van der Waals surface area contributed by atoms with E-state index in [0.717, 1.165) is 88.4 Å². The molecule has 0 aliphatic heterocycles. The molecule has 0 aliphatic carbocycles. The Labute approximate surface area is 311 Å². The normalized spacial score (nSPS) is 11.8. The third-order valence-corrected chi connectivity index (χ3v) is 10.9. The zero-order valence-corrected chi connectivity index (χ0v) is 29.5. The highest BCUT2D eigenvalue weighted by Gasteiger charge is 2.19. The Morgan fingerprint density at radius 2 is 0.981 bits per heavy atom. The van der Waals surface area contributed by atoms with Gasteiger partial charge in [0.1, 0.15) is 11.2 Å². The highest BCUT2D eigenvalue weighted by molar-refractivity contribution is 6.25. The summed E-state index contributed by atoms with van der Waals surface area (Å²) in [5.74, 6) is 0. The number of hydrogen-bond donors (Lipinski definition) is 0. The molecule has 0 atom stereocenters. The van der Waals surface area contributed by atoms with Crippen molar-refractivity contribution in [3.63, 3.8) is 0 Å². The standard InChI is InChI=1S/C51H32N2O/c1-31-12-8-16-34(26-31)45-29-36-13-2-3-19-38(36)47-44-25-11-24-39(50(44)54-51(45)47)35-17-9-14-32(27-35)33-15-10-18-37(28-33)46-30-52-48-42-22-6-4-20-40(42)41-21-5-7-23-43(41)49(48)53-46/h2-30H,1H3. The van der Waals surface area contributed by atoms with Gasteiger partial charge < -0.3 is 4.42 Å². The number of benzene rings is 9. The second-order valence-electron chi connectivity index (χ2n) is 14.2. The van der Waals surface area contributed by atoms with Crippen molar-refractivity contribution in [3.8, 4) is 44.6 Å². The molecule has 0 aliphatic rings. The van der Waals surface area contributed by atoms with Crippen LogP contribution in [0.5, 0.6) is 0 Å². The van der Waals surface area contributed by atoms with Crippen molar-refractivity contribution < 1.29 is 4.42 Å². The lowest BCUT2D eigenvalue weighted by molar-refractivity contribution is 0.671. The number of para-hydroxylation sites is 1. The van der Waals surface area contributed by atoms with Crippen LogP contribution in [0, 0.1) is 6.92 Å². The molecular weight excluding hydrogens is 657 g/mol. The summed E-state index contributed by atoms with van der Waals surface area (Å²) >= 11 is 0. The van der Waals surface area contributed by atoms with Gasteiger partial charge in [0.15, 0.2) is 0 Å². The third-order valence-electron chi connectivity index (χ3n) is 10.9. The molecule has 9 aromatic carbocycles. The van der Waals surface area contributed by atoms with Crippen LogP contribution in [0.15, 0.2) is 180 Å². The SMILES string of the molecule is Cc1cccc(-c2cc3ccccc3c3c2oc2c(-c4cccc(-c5cccc(-c6cnc7c8ccccc8c8ccccc8c7n6)c5)c4)cccc23)c1. The van der Waals surface area contributed by atoms with Crippen LogP contribution in [0.3, 0.4) is 0 Å². The highest BCUT2D eigenvalue weighted by Crippen LogP contribution is 2.44. The van der Waals surface area contributed by atoms with Gasteiger partial charge in [-0.05, 0) is 68.9 Å². The Kier molecular flexibility index (Phi) is 6.77. The molecule has 11 aromatic rings. The molecule has 0 amide bonds. The van der Waals surface area contributed by atoms with E-state index in [1.165, 1.54) is 27.1 Å². The van der Waals surface area contributed by atoms with Crippen LogP contribution in [0.4, 0.5) is 0 Å². The second kappa shape index (κ2) is 12.0. The number of hydrogen-bond acceptors (Lipinski definition) is 3. The van der Waals surface area contributed by atoms with Crippen LogP contribution >= 0.6 is 0 Å². The average Bonchev–Trinajstić information content (AvgIpc) is 3.64. The zero-order valence-electron chi connectivity index (χ0n) is 29.5. The van der Waals surface area contributed by atoms with E-state index in [1.54, 1.807) is 0 Å². The minimum absolute atomic E-state index is 0.852. The quantitative estimate of drug-likeness (QED) is 0.173. The van der Waals surface area contributed by atoms with Gasteiger partial charge in [-0.2, -0.15) is 0 Å². The van der Waals surface area contributed by atoms with E-state index in [2.05, 4.69) is 177 Å². The molecule has 0 spiro atoms. The summed E-state index contributed by atoms with van der Waals surface area (Å²) in [6.45, 7) is 2.14. The number of aryl methyl sites for hydroxylation is 1. The van der Waals surface area contributed by atoms with Crippen molar-refractivity contribution in [1.82, 2.24) is 9.97 Å². The Morgan fingerprint density at radius 1 is 0.407 bits per heavy atom. The smallest absolute Gasteiger partial charge is 0.143 e. The summed E-state index contributed by atoms with van der Waals surface area (Å²) in [7, 11) is 0. The van der Waals surface area contributed by atoms with Gasteiger partial charge in [0.05, 0.1) is 22.9 Å². The number of furan rings is 1. The third kappa shape index (κ3) is 4.76. The van der Waals surface area contributed by atoms with E-state index < -0.39 is 0 Å². The first kappa shape index (κ1) is 30.5. The number of nitrogens with zero attached hydrogens (tertiary/aromatic N) is 2. The molecule has 0 fully saturated rings.